The van der Waals surface area contributed by atoms with Gasteiger partial charge in [0.15, 0.2) is 0 Å². The summed E-state index contributed by atoms with van der Waals surface area (Å²) in [5.41, 5.74) is 2.47. The Kier molecular flexibility index (Phi) is 7.80. The molecule has 0 spiro atoms. The lowest BCUT2D eigenvalue weighted by atomic mass is 9.89. The number of hydrogen-bond acceptors (Lipinski definition) is 6. The molecule has 3 unspecified atom stereocenters. The van der Waals surface area contributed by atoms with Crippen LogP contribution in [0.4, 0.5) is 5.69 Å². The molecule has 2 heterocycles. The molecule has 2 aliphatic heterocycles. The van der Waals surface area contributed by atoms with E-state index in [9.17, 15) is 9.59 Å². The lowest BCUT2D eigenvalue weighted by molar-refractivity contribution is -0.130. The van der Waals surface area contributed by atoms with Crippen molar-refractivity contribution in [2.75, 3.05) is 31.3 Å². The monoisotopic (exact) mass is 488 g/mol. The lowest BCUT2D eigenvalue weighted by Gasteiger charge is -2.43. The molecule has 0 saturated carbocycles. The molecule has 0 aromatic heterocycles. The Morgan fingerprint density at radius 1 is 1.27 bits per heavy atom. The number of anilines is 1. The van der Waals surface area contributed by atoms with Crippen LogP contribution in [-0.2, 0) is 16.1 Å². The van der Waals surface area contributed by atoms with Crippen molar-refractivity contribution in [3.05, 3.63) is 58.6 Å². The molecule has 33 heavy (non-hydrogen) atoms. The van der Waals surface area contributed by atoms with Crippen LogP contribution in [-0.4, -0.2) is 54.2 Å². The van der Waals surface area contributed by atoms with Gasteiger partial charge in [-0.25, -0.2) is 0 Å². The highest BCUT2D eigenvalue weighted by molar-refractivity contribution is 8.00. The highest BCUT2D eigenvalue weighted by atomic mass is 35.5. The third kappa shape index (κ3) is 6.00. The Bertz CT molecular complexity index is 1000. The van der Waals surface area contributed by atoms with Gasteiger partial charge in [0, 0.05) is 36.4 Å². The minimum absolute atomic E-state index is 0.0433. The quantitative estimate of drug-likeness (QED) is 0.555. The molecule has 9 heteroatoms. The van der Waals surface area contributed by atoms with E-state index in [2.05, 4.69) is 33.0 Å². The van der Waals surface area contributed by atoms with Crippen molar-refractivity contribution >= 4 is 40.9 Å². The van der Waals surface area contributed by atoms with Gasteiger partial charge in [0.05, 0.1) is 18.8 Å². The van der Waals surface area contributed by atoms with Crippen molar-refractivity contribution < 1.29 is 14.3 Å². The molecule has 2 aromatic carbocycles. The summed E-state index contributed by atoms with van der Waals surface area (Å²) < 4.78 is 5.22. The van der Waals surface area contributed by atoms with Gasteiger partial charge >= 0.3 is 0 Å². The van der Waals surface area contributed by atoms with Crippen molar-refractivity contribution in [2.24, 2.45) is 5.92 Å². The summed E-state index contributed by atoms with van der Waals surface area (Å²) in [5.74, 6) is 0.884. The number of fused-ring (bicyclic) bond motifs is 1. The van der Waals surface area contributed by atoms with Crippen LogP contribution in [0.25, 0.3) is 0 Å². The zero-order valence-electron chi connectivity index (χ0n) is 18.8. The number of benzene rings is 2. The second-order valence-electron chi connectivity index (χ2n) is 8.41. The van der Waals surface area contributed by atoms with Crippen molar-refractivity contribution in [1.29, 1.82) is 0 Å². The van der Waals surface area contributed by atoms with Crippen LogP contribution in [0.2, 0.25) is 5.02 Å². The van der Waals surface area contributed by atoms with Crippen LogP contribution in [0.3, 0.4) is 0 Å². The Hall–Kier alpha value is -2.26. The third-order valence-electron chi connectivity index (χ3n) is 6.16. The number of ether oxygens (including phenoxy) is 1. The molecule has 0 aliphatic carbocycles. The van der Waals surface area contributed by atoms with E-state index in [1.54, 1.807) is 13.2 Å². The molecule has 3 atom stereocenters. The molecule has 0 bridgehead atoms. The van der Waals surface area contributed by atoms with Crippen molar-refractivity contribution in [2.45, 2.75) is 31.4 Å². The SMILES string of the molecule is COc1ccc(CN2CCC3NC(SCC(=O)Nc4cccc(Cl)c4C)NC(=O)C3C2)cc1. The van der Waals surface area contributed by atoms with Crippen LogP contribution in [0, 0.1) is 12.8 Å². The summed E-state index contributed by atoms with van der Waals surface area (Å²) in [7, 11) is 1.66. The van der Waals surface area contributed by atoms with Gasteiger partial charge in [-0.1, -0.05) is 29.8 Å². The minimum atomic E-state index is -0.280. The van der Waals surface area contributed by atoms with E-state index in [0.717, 1.165) is 30.8 Å². The molecule has 7 nitrogen and oxygen atoms in total. The van der Waals surface area contributed by atoms with Crippen LogP contribution < -0.4 is 20.7 Å². The maximum atomic E-state index is 12.8. The zero-order valence-corrected chi connectivity index (χ0v) is 20.3. The smallest absolute Gasteiger partial charge is 0.234 e. The number of thioether (sulfide) groups is 1. The summed E-state index contributed by atoms with van der Waals surface area (Å²) in [6.45, 7) is 4.30. The molecule has 2 saturated heterocycles. The predicted octanol–water partition coefficient (Wildman–Crippen LogP) is 3.22. The fourth-order valence-electron chi connectivity index (χ4n) is 4.27. The van der Waals surface area contributed by atoms with E-state index >= 15 is 0 Å². The summed E-state index contributed by atoms with van der Waals surface area (Å²) in [6, 6.07) is 13.6. The minimum Gasteiger partial charge on any atom is -0.497 e. The molecule has 2 fully saturated rings. The second kappa shape index (κ2) is 10.8. The largest absolute Gasteiger partial charge is 0.497 e. The first kappa shape index (κ1) is 23.9. The molecular formula is C24H29ClN4O3S. The maximum Gasteiger partial charge on any atom is 0.234 e. The van der Waals surface area contributed by atoms with E-state index in [1.165, 1.54) is 17.3 Å². The number of methoxy groups -OCH3 is 1. The van der Waals surface area contributed by atoms with E-state index in [4.69, 9.17) is 16.3 Å². The van der Waals surface area contributed by atoms with Gasteiger partial charge in [0.25, 0.3) is 0 Å². The Balaban J connectivity index is 1.26. The van der Waals surface area contributed by atoms with Gasteiger partial charge in [-0.2, -0.15) is 0 Å². The standard InChI is InChI=1S/C24H29ClN4O3S/c1-15-19(25)4-3-5-20(15)26-22(30)14-33-24-27-21-10-11-29(13-18(21)23(31)28-24)12-16-6-8-17(32-2)9-7-16/h3-9,18,21,24,27H,10-14H2,1-2H3,(H,26,30)(H,28,31). The van der Waals surface area contributed by atoms with E-state index in [0.29, 0.717) is 17.3 Å². The van der Waals surface area contributed by atoms with E-state index < -0.39 is 0 Å². The second-order valence-corrected chi connectivity index (χ2v) is 9.91. The average molecular weight is 489 g/mol. The molecule has 2 amide bonds. The van der Waals surface area contributed by atoms with Gasteiger partial charge in [-0.15, -0.1) is 11.8 Å². The van der Waals surface area contributed by atoms with Crippen LogP contribution in [0.15, 0.2) is 42.5 Å². The molecular weight excluding hydrogens is 460 g/mol. The van der Waals surface area contributed by atoms with Crippen LogP contribution >= 0.6 is 23.4 Å². The number of piperidine rings is 1. The summed E-state index contributed by atoms with van der Waals surface area (Å²) in [6.07, 6.45) is 0.888. The number of rotatable bonds is 7. The first-order valence-electron chi connectivity index (χ1n) is 11.0. The number of halogens is 1. The van der Waals surface area contributed by atoms with Crippen molar-refractivity contribution in [1.82, 2.24) is 15.5 Å². The first-order chi connectivity index (χ1) is 15.9. The fraction of sp³-hybridized carbons (Fsp3) is 0.417. The Labute approximate surface area is 203 Å². The zero-order chi connectivity index (χ0) is 23.4. The maximum absolute atomic E-state index is 12.8. The third-order valence-corrected chi connectivity index (χ3v) is 7.59. The number of hydrogen-bond donors (Lipinski definition) is 3. The molecule has 4 rings (SSSR count). The van der Waals surface area contributed by atoms with Crippen LogP contribution in [0.5, 0.6) is 5.75 Å². The lowest BCUT2D eigenvalue weighted by Crippen LogP contribution is -2.64. The average Bonchev–Trinajstić information content (AvgIpc) is 2.81. The molecule has 3 N–H and O–H groups in total. The number of carbonyl (C=O) groups excluding carboxylic acids is 2. The van der Waals surface area contributed by atoms with Crippen LogP contribution in [0.1, 0.15) is 17.5 Å². The first-order valence-corrected chi connectivity index (χ1v) is 12.4. The normalized spacial score (nSPS) is 22.9. The highest BCUT2D eigenvalue weighted by Crippen LogP contribution is 2.26. The van der Waals surface area contributed by atoms with Gasteiger partial charge < -0.3 is 15.4 Å². The summed E-state index contributed by atoms with van der Waals surface area (Å²) >= 11 is 7.51. The number of likely N-dealkylation sites (tertiary alicyclic amines) is 1. The molecule has 176 valence electrons. The highest BCUT2D eigenvalue weighted by Gasteiger charge is 2.40. The number of nitrogens with zero attached hydrogens (tertiary/aromatic N) is 1. The number of nitrogens with one attached hydrogen (secondary N) is 3. The fourth-order valence-corrected chi connectivity index (χ4v) is 5.30. The van der Waals surface area contributed by atoms with Crippen molar-refractivity contribution in [3.8, 4) is 5.75 Å². The van der Waals surface area contributed by atoms with E-state index in [1.807, 2.05) is 31.2 Å². The summed E-state index contributed by atoms with van der Waals surface area (Å²) in [4.78, 5) is 27.5. The van der Waals surface area contributed by atoms with Gasteiger partial charge in [-0.3, -0.25) is 19.8 Å². The predicted molar refractivity (Wildman–Crippen MR) is 133 cm³/mol. The molecule has 0 radical (unpaired) electrons. The van der Waals surface area contributed by atoms with E-state index in [-0.39, 0.29) is 35.0 Å². The summed E-state index contributed by atoms with van der Waals surface area (Å²) in [5, 5.41) is 10.0. The van der Waals surface area contributed by atoms with Gasteiger partial charge in [-0.05, 0) is 48.7 Å². The van der Waals surface area contributed by atoms with Crippen molar-refractivity contribution in [3.63, 3.8) is 0 Å². The van der Waals surface area contributed by atoms with Gasteiger partial charge in [0.1, 0.15) is 11.2 Å². The topological polar surface area (TPSA) is 82.7 Å². The van der Waals surface area contributed by atoms with Gasteiger partial charge in [0.2, 0.25) is 11.8 Å². The Morgan fingerprint density at radius 2 is 2.06 bits per heavy atom. The molecule has 2 aliphatic rings. The number of amides is 2. The Morgan fingerprint density at radius 3 is 2.82 bits per heavy atom. The number of carbonyl (C=O) groups is 2. The molecule has 2 aromatic rings.